The van der Waals surface area contributed by atoms with Gasteiger partial charge in [0, 0.05) is 29.3 Å². The fourth-order valence-corrected chi connectivity index (χ4v) is 3.01. The monoisotopic (exact) mass is 373 g/mol. The third-order valence-electron chi connectivity index (χ3n) is 3.67. The summed E-state index contributed by atoms with van der Waals surface area (Å²) in [7, 11) is 1.50. The Morgan fingerprint density at radius 1 is 1.38 bits per heavy atom. The van der Waals surface area contributed by atoms with E-state index < -0.39 is 23.4 Å². The summed E-state index contributed by atoms with van der Waals surface area (Å²) in [6.45, 7) is 1.78. The molecule has 130 valence electrons. The van der Waals surface area contributed by atoms with Gasteiger partial charge in [-0.3, -0.25) is 14.5 Å². The SMILES string of the molecule is COCCNC(=O)CN1C(=O)N[C@](C)(c2ccc(Cl)cc2Cl)C1=O. The molecule has 0 radical (unpaired) electrons. The van der Waals surface area contributed by atoms with E-state index in [1.165, 1.54) is 20.1 Å². The number of carbonyl (C=O) groups is 3. The van der Waals surface area contributed by atoms with E-state index in [1.54, 1.807) is 12.1 Å². The Hall–Kier alpha value is -1.83. The van der Waals surface area contributed by atoms with Crippen LogP contribution in [0.3, 0.4) is 0 Å². The Kier molecular flexibility index (Phi) is 5.69. The van der Waals surface area contributed by atoms with Gasteiger partial charge in [0.15, 0.2) is 0 Å². The first kappa shape index (κ1) is 18.5. The summed E-state index contributed by atoms with van der Waals surface area (Å²) in [6.07, 6.45) is 0. The second-order valence-electron chi connectivity index (χ2n) is 5.41. The lowest BCUT2D eigenvalue weighted by Gasteiger charge is -2.23. The summed E-state index contributed by atoms with van der Waals surface area (Å²) >= 11 is 12.0. The summed E-state index contributed by atoms with van der Waals surface area (Å²) in [6, 6.07) is 3.98. The van der Waals surface area contributed by atoms with Crippen LogP contribution in [-0.2, 0) is 19.9 Å². The number of nitrogens with zero attached hydrogens (tertiary/aromatic N) is 1. The van der Waals surface area contributed by atoms with Crippen LogP contribution in [0.2, 0.25) is 10.0 Å². The van der Waals surface area contributed by atoms with Crippen molar-refractivity contribution in [2.45, 2.75) is 12.5 Å². The van der Waals surface area contributed by atoms with Crippen LogP contribution < -0.4 is 10.6 Å². The average molecular weight is 374 g/mol. The van der Waals surface area contributed by atoms with Crippen molar-refractivity contribution in [2.24, 2.45) is 0 Å². The van der Waals surface area contributed by atoms with Gasteiger partial charge in [0.1, 0.15) is 12.1 Å². The quantitative estimate of drug-likeness (QED) is 0.584. The smallest absolute Gasteiger partial charge is 0.325 e. The van der Waals surface area contributed by atoms with Gasteiger partial charge in [0.25, 0.3) is 5.91 Å². The molecular formula is C15H17Cl2N3O4. The molecule has 2 rings (SSSR count). The van der Waals surface area contributed by atoms with E-state index in [-0.39, 0.29) is 11.6 Å². The highest BCUT2D eigenvalue weighted by molar-refractivity contribution is 6.35. The number of methoxy groups -OCH3 is 1. The number of ether oxygens (including phenoxy) is 1. The molecule has 9 heteroatoms. The first-order chi connectivity index (χ1) is 11.3. The summed E-state index contributed by atoms with van der Waals surface area (Å²) < 4.78 is 4.82. The number of benzene rings is 1. The van der Waals surface area contributed by atoms with Crippen molar-refractivity contribution in [1.29, 1.82) is 0 Å². The van der Waals surface area contributed by atoms with Gasteiger partial charge in [-0.1, -0.05) is 29.3 Å². The predicted octanol–water partition coefficient (Wildman–Crippen LogP) is 1.52. The fraction of sp³-hybridized carbons (Fsp3) is 0.400. The van der Waals surface area contributed by atoms with E-state index in [0.29, 0.717) is 23.7 Å². The third-order valence-corrected chi connectivity index (χ3v) is 4.22. The number of nitrogens with one attached hydrogen (secondary N) is 2. The van der Waals surface area contributed by atoms with Crippen molar-refractivity contribution >= 4 is 41.0 Å². The molecule has 0 aromatic heterocycles. The average Bonchev–Trinajstić information content (AvgIpc) is 2.71. The highest BCUT2D eigenvalue weighted by Gasteiger charge is 2.50. The van der Waals surface area contributed by atoms with E-state index in [4.69, 9.17) is 27.9 Å². The predicted molar refractivity (Wildman–Crippen MR) is 88.9 cm³/mol. The fourth-order valence-electron chi connectivity index (χ4n) is 2.41. The second-order valence-corrected chi connectivity index (χ2v) is 6.26. The van der Waals surface area contributed by atoms with Crippen LogP contribution in [-0.4, -0.2) is 49.6 Å². The van der Waals surface area contributed by atoms with E-state index in [1.807, 2.05) is 0 Å². The standard InChI is InChI=1S/C15H17Cl2N3O4/c1-15(10-4-3-9(16)7-11(10)17)13(22)20(14(23)19-15)8-12(21)18-5-6-24-2/h3-4,7H,5-6,8H2,1-2H3,(H,18,21)(H,19,23)/t15-/m1/s1. The normalized spacial score (nSPS) is 20.2. The van der Waals surface area contributed by atoms with Crippen molar-refractivity contribution < 1.29 is 19.1 Å². The lowest BCUT2D eigenvalue weighted by molar-refractivity contribution is -0.134. The number of carbonyl (C=O) groups excluding carboxylic acids is 3. The molecule has 0 bridgehead atoms. The zero-order chi connectivity index (χ0) is 17.9. The maximum atomic E-state index is 12.7. The maximum absolute atomic E-state index is 12.7. The minimum Gasteiger partial charge on any atom is -0.383 e. The van der Waals surface area contributed by atoms with E-state index in [0.717, 1.165) is 4.90 Å². The molecule has 0 saturated carbocycles. The van der Waals surface area contributed by atoms with E-state index in [9.17, 15) is 14.4 Å². The number of hydrogen-bond donors (Lipinski definition) is 2. The Bertz CT molecular complexity index is 683. The van der Waals surface area contributed by atoms with Gasteiger partial charge in [-0.2, -0.15) is 0 Å². The number of urea groups is 1. The van der Waals surface area contributed by atoms with E-state index >= 15 is 0 Å². The summed E-state index contributed by atoms with van der Waals surface area (Å²) in [5.41, 5.74) is -0.944. The molecule has 1 aromatic rings. The zero-order valence-corrected chi connectivity index (χ0v) is 14.7. The molecular weight excluding hydrogens is 357 g/mol. The van der Waals surface area contributed by atoms with Crippen LogP contribution in [0, 0.1) is 0 Å². The van der Waals surface area contributed by atoms with Crippen LogP contribution in [0.25, 0.3) is 0 Å². The minimum absolute atomic E-state index is 0.255. The third kappa shape index (κ3) is 3.63. The molecule has 1 fully saturated rings. The molecule has 1 heterocycles. The summed E-state index contributed by atoms with van der Waals surface area (Å²) in [5, 5.41) is 5.81. The molecule has 4 amide bonds. The number of halogens is 2. The van der Waals surface area contributed by atoms with Crippen LogP contribution >= 0.6 is 23.2 Å². The van der Waals surface area contributed by atoms with Crippen LogP contribution in [0.15, 0.2) is 18.2 Å². The van der Waals surface area contributed by atoms with Gasteiger partial charge in [-0.25, -0.2) is 4.79 Å². The molecule has 1 aliphatic heterocycles. The van der Waals surface area contributed by atoms with Crippen molar-refractivity contribution in [3.8, 4) is 0 Å². The Morgan fingerprint density at radius 3 is 2.71 bits per heavy atom. The molecule has 0 spiro atoms. The van der Waals surface area contributed by atoms with Gasteiger partial charge in [0.2, 0.25) is 5.91 Å². The Balaban J connectivity index is 2.17. The highest BCUT2D eigenvalue weighted by atomic mass is 35.5. The van der Waals surface area contributed by atoms with Gasteiger partial charge in [-0.05, 0) is 19.1 Å². The molecule has 0 unspecified atom stereocenters. The zero-order valence-electron chi connectivity index (χ0n) is 13.2. The van der Waals surface area contributed by atoms with Crippen LogP contribution in [0.1, 0.15) is 12.5 Å². The first-order valence-corrected chi connectivity index (χ1v) is 7.90. The minimum atomic E-state index is -1.36. The van der Waals surface area contributed by atoms with Crippen molar-refractivity contribution in [1.82, 2.24) is 15.5 Å². The Morgan fingerprint density at radius 2 is 2.08 bits per heavy atom. The maximum Gasteiger partial charge on any atom is 0.325 e. The number of rotatable bonds is 6. The molecule has 1 saturated heterocycles. The van der Waals surface area contributed by atoms with E-state index in [2.05, 4.69) is 10.6 Å². The van der Waals surface area contributed by atoms with Gasteiger partial charge < -0.3 is 15.4 Å². The summed E-state index contributed by atoms with van der Waals surface area (Å²) in [4.78, 5) is 37.5. The highest BCUT2D eigenvalue weighted by Crippen LogP contribution is 2.34. The van der Waals surface area contributed by atoms with Crippen molar-refractivity contribution in [2.75, 3.05) is 26.8 Å². The lowest BCUT2D eigenvalue weighted by atomic mass is 9.92. The molecule has 7 nitrogen and oxygen atoms in total. The van der Waals surface area contributed by atoms with Gasteiger partial charge >= 0.3 is 6.03 Å². The van der Waals surface area contributed by atoms with Crippen molar-refractivity contribution in [3.63, 3.8) is 0 Å². The second kappa shape index (κ2) is 7.38. The lowest BCUT2D eigenvalue weighted by Crippen LogP contribution is -2.43. The number of amides is 4. The van der Waals surface area contributed by atoms with Crippen LogP contribution in [0.5, 0.6) is 0 Å². The number of imide groups is 1. The molecule has 0 aliphatic carbocycles. The van der Waals surface area contributed by atoms with Gasteiger partial charge in [0.05, 0.1) is 6.61 Å². The largest absolute Gasteiger partial charge is 0.383 e. The topological polar surface area (TPSA) is 87.7 Å². The molecule has 24 heavy (non-hydrogen) atoms. The summed E-state index contributed by atoms with van der Waals surface area (Å²) in [5.74, 6) is -1.01. The first-order valence-electron chi connectivity index (χ1n) is 7.15. The molecule has 1 atom stereocenters. The number of hydrogen-bond acceptors (Lipinski definition) is 4. The van der Waals surface area contributed by atoms with Gasteiger partial charge in [-0.15, -0.1) is 0 Å². The molecule has 1 aromatic carbocycles. The van der Waals surface area contributed by atoms with Crippen LogP contribution in [0.4, 0.5) is 4.79 Å². The molecule has 1 aliphatic rings. The van der Waals surface area contributed by atoms with Crippen molar-refractivity contribution in [3.05, 3.63) is 33.8 Å². The Labute approximate surface area is 149 Å². The molecule has 2 N–H and O–H groups in total.